The number of nitrogens with one attached hydrogen (secondary N) is 1. The number of β-amino-alcohol motifs (C(OH)–C–C–N with tert-alkyl or cyclic N) is 1. The van der Waals surface area contributed by atoms with Gasteiger partial charge in [0.05, 0.1) is 22.8 Å². The molecular formula is C17H24N4O3. The third kappa shape index (κ3) is 4.02. The number of nitriles is 1. The fourth-order valence-electron chi connectivity index (χ4n) is 3.44. The lowest BCUT2D eigenvalue weighted by atomic mass is 9.80. The molecule has 0 radical (unpaired) electrons. The van der Waals surface area contributed by atoms with Crippen molar-refractivity contribution in [3.8, 4) is 6.07 Å². The Morgan fingerprint density at radius 1 is 1.42 bits per heavy atom. The molecule has 2 N–H and O–H groups in total. The van der Waals surface area contributed by atoms with Gasteiger partial charge in [0, 0.05) is 30.8 Å². The van der Waals surface area contributed by atoms with Crippen molar-refractivity contribution < 1.29 is 10.0 Å². The van der Waals surface area contributed by atoms with Crippen molar-refractivity contribution in [3.05, 3.63) is 33.9 Å². The van der Waals surface area contributed by atoms with Gasteiger partial charge in [-0.3, -0.25) is 15.0 Å². The second-order valence-corrected chi connectivity index (χ2v) is 6.38. The van der Waals surface area contributed by atoms with E-state index in [-0.39, 0.29) is 23.4 Å². The zero-order chi connectivity index (χ0) is 17.6. The molecule has 2 rings (SSSR count). The normalized spacial score (nSPS) is 16.6. The Morgan fingerprint density at radius 3 is 2.71 bits per heavy atom. The van der Waals surface area contributed by atoms with E-state index in [0.717, 1.165) is 25.7 Å². The number of hydrogen-bond donors (Lipinski definition) is 2. The van der Waals surface area contributed by atoms with Crippen LogP contribution in [0.25, 0.3) is 0 Å². The average molecular weight is 332 g/mol. The fourth-order valence-corrected chi connectivity index (χ4v) is 3.44. The van der Waals surface area contributed by atoms with Crippen LogP contribution in [0.1, 0.15) is 37.7 Å². The van der Waals surface area contributed by atoms with Crippen molar-refractivity contribution in [3.63, 3.8) is 0 Å². The molecule has 0 bridgehead atoms. The smallest absolute Gasteiger partial charge is 0.270 e. The predicted molar refractivity (Wildman–Crippen MR) is 91.8 cm³/mol. The highest BCUT2D eigenvalue weighted by molar-refractivity contribution is 5.61. The third-order valence-corrected chi connectivity index (χ3v) is 4.97. The maximum atomic E-state index is 10.8. The minimum absolute atomic E-state index is 0.0600. The van der Waals surface area contributed by atoms with Gasteiger partial charge in [-0.2, -0.15) is 5.26 Å². The van der Waals surface area contributed by atoms with Gasteiger partial charge in [0.2, 0.25) is 0 Å². The Balaban J connectivity index is 2.17. The third-order valence-electron chi connectivity index (χ3n) is 4.97. The van der Waals surface area contributed by atoms with Gasteiger partial charge in [-0.05, 0) is 26.0 Å². The van der Waals surface area contributed by atoms with E-state index in [9.17, 15) is 20.5 Å². The molecule has 1 aliphatic rings. The molecule has 0 aromatic heterocycles. The molecule has 0 amide bonds. The van der Waals surface area contributed by atoms with Crippen molar-refractivity contribution in [2.45, 2.75) is 37.6 Å². The number of aliphatic hydroxyl groups excluding tert-OH is 1. The first-order valence-corrected chi connectivity index (χ1v) is 8.27. The van der Waals surface area contributed by atoms with Crippen molar-refractivity contribution in [1.82, 2.24) is 4.90 Å². The molecule has 24 heavy (non-hydrogen) atoms. The molecule has 0 spiro atoms. The van der Waals surface area contributed by atoms with Crippen LogP contribution in [0.2, 0.25) is 0 Å². The second kappa shape index (κ2) is 8.08. The maximum Gasteiger partial charge on any atom is 0.270 e. The summed E-state index contributed by atoms with van der Waals surface area (Å²) in [6.45, 7) is 1.36. The molecule has 0 aliphatic heterocycles. The maximum absolute atomic E-state index is 10.8. The molecular weight excluding hydrogens is 308 g/mol. The van der Waals surface area contributed by atoms with Crippen molar-refractivity contribution in [2.75, 3.05) is 32.1 Å². The molecule has 130 valence electrons. The van der Waals surface area contributed by atoms with Gasteiger partial charge < -0.3 is 10.4 Å². The Hall–Kier alpha value is -2.17. The largest absolute Gasteiger partial charge is 0.395 e. The number of benzene rings is 1. The summed E-state index contributed by atoms with van der Waals surface area (Å²) in [5, 5.41) is 32.7. The van der Waals surface area contributed by atoms with Crippen LogP contribution in [0.5, 0.6) is 0 Å². The summed E-state index contributed by atoms with van der Waals surface area (Å²) < 4.78 is 0. The van der Waals surface area contributed by atoms with Crippen molar-refractivity contribution in [2.24, 2.45) is 0 Å². The van der Waals surface area contributed by atoms with Gasteiger partial charge in [-0.25, -0.2) is 0 Å². The lowest BCUT2D eigenvalue weighted by molar-refractivity contribution is -0.384. The molecule has 0 unspecified atom stereocenters. The number of nitro groups is 1. The molecule has 1 fully saturated rings. The summed E-state index contributed by atoms with van der Waals surface area (Å²) >= 11 is 0. The van der Waals surface area contributed by atoms with Gasteiger partial charge in [0.15, 0.2) is 0 Å². The van der Waals surface area contributed by atoms with E-state index in [0.29, 0.717) is 18.8 Å². The van der Waals surface area contributed by atoms with Crippen LogP contribution in [0.15, 0.2) is 18.2 Å². The zero-order valence-electron chi connectivity index (χ0n) is 14.0. The van der Waals surface area contributed by atoms with E-state index in [1.54, 1.807) is 6.07 Å². The van der Waals surface area contributed by atoms with E-state index in [2.05, 4.69) is 10.2 Å². The molecule has 7 nitrogen and oxygen atoms in total. The number of rotatable bonds is 7. The van der Waals surface area contributed by atoms with Crippen LogP contribution in [-0.2, 0) is 0 Å². The standard InChI is InChI=1S/C17H24N4O3/c1-20(9-10-22)17(7-3-2-4-8-17)13-19-16-6-5-15(21(23)24)11-14(16)12-18/h5-6,11,19,22H,2-4,7-10,13H2,1H3. The number of nitro benzene ring substituents is 1. The Labute approximate surface area is 142 Å². The molecule has 1 saturated carbocycles. The number of likely N-dealkylation sites (N-methyl/N-ethyl adjacent to an activating group) is 1. The van der Waals surface area contributed by atoms with E-state index in [1.807, 2.05) is 13.1 Å². The quantitative estimate of drug-likeness (QED) is 0.587. The summed E-state index contributed by atoms with van der Waals surface area (Å²) in [5.41, 5.74) is 0.752. The highest BCUT2D eigenvalue weighted by Crippen LogP contribution is 2.33. The molecule has 1 aromatic rings. The first kappa shape index (κ1) is 18.2. The van der Waals surface area contributed by atoms with E-state index in [1.165, 1.54) is 18.6 Å². The van der Waals surface area contributed by atoms with Crippen molar-refractivity contribution in [1.29, 1.82) is 5.26 Å². The van der Waals surface area contributed by atoms with Crippen LogP contribution in [-0.4, -0.2) is 47.2 Å². The predicted octanol–water partition coefficient (Wildman–Crippen LogP) is 2.51. The highest BCUT2D eigenvalue weighted by Gasteiger charge is 2.35. The summed E-state index contributed by atoms with van der Waals surface area (Å²) in [6.07, 6.45) is 5.57. The first-order chi connectivity index (χ1) is 11.5. The highest BCUT2D eigenvalue weighted by atomic mass is 16.6. The van der Waals surface area contributed by atoms with E-state index in [4.69, 9.17) is 0 Å². The number of hydrogen-bond acceptors (Lipinski definition) is 6. The van der Waals surface area contributed by atoms with Gasteiger partial charge in [0.1, 0.15) is 6.07 Å². The minimum Gasteiger partial charge on any atom is -0.395 e. The number of nitrogens with zero attached hydrogens (tertiary/aromatic N) is 3. The lowest BCUT2D eigenvalue weighted by Gasteiger charge is -2.45. The first-order valence-electron chi connectivity index (χ1n) is 8.27. The summed E-state index contributed by atoms with van der Waals surface area (Å²) in [6, 6.07) is 6.33. The Morgan fingerprint density at radius 2 is 2.12 bits per heavy atom. The number of anilines is 1. The van der Waals surface area contributed by atoms with E-state index < -0.39 is 4.92 Å². The van der Waals surface area contributed by atoms with Gasteiger partial charge in [0.25, 0.3) is 5.69 Å². The zero-order valence-corrected chi connectivity index (χ0v) is 14.0. The molecule has 0 atom stereocenters. The van der Waals surface area contributed by atoms with Crippen LogP contribution in [0.4, 0.5) is 11.4 Å². The molecule has 0 saturated heterocycles. The fraction of sp³-hybridized carbons (Fsp3) is 0.588. The SMILES string of the molecule is CN(CCO)C1(CNc2ccc([N+](=O)[O-])cc2C#N)CCCCC1. The van der Waals surface area contributed by atoms with E-state index >= 15 is 0 Å². The monoisotopic (exact) mass is 332 g/mol. The number of aliphatic hydroxyl groups is 1. The topological polar surface area (TPSA) is 102 Å². The molecule has 1 aliphatic carbocycles. The summed E-state index contributed by atoms with van der Waals surface area (Å²) in [7, 11) is 2.02. The van der Waals surface area contributed by atoms with Gasteiger partial charge >= 0.3 is 0 Å². The summed E-state index contributed by atoms with van der Waals surface area (Å²) in [5.74, 6) is 0. The average Bonchev–Trinajstić information content (AvgIpc) is 2.60. The van der Waals surface area contributed by atoms with Crippen molar-refractivity contribution >= 4 is 11.4 Å². The molecule has 1 aromatic carbocycles. The van der Waals surface area contributed by atoms with Gasteiger partial charge in [-0.15, -0.1) is 0 Å². The minimum atomic E-state index is -0.498. The molecule has 7 heteroatoms. The van der Waals surface area contributed by atoms with Crippen LogP contribution in [0.3, 0.4) is 0 Å². The second-order valence-electron chi connectivity index (χ2n) is 6.38. The molecule has 0 heterocycles. The summed E-state index contributed by atoms with van der Waals surface area (Å²) in [4.78, 5) is 12.5. The van der Waals surface area contributed by atoms with Gasteiger partial charge in [-0.1, -0.05) is 19.3 Å². The van der Waals surface area contributed by atoms with Crippen LogP contribution in [0, 0.1) is 21.4 Å². The lowest BCUT2D eigenvalue weighted by Crippen LogP contribution is -2.53. The van der Waals surface area contributed by atoms with Crippen LogP contribution >= 0.6 is 0 Å². The number of non-ortho nitro benzene ring substituents is 1. The van der Waals surface area contributed by atoms with Crippen LogP contribution < -0.4 is 5.32 Å². The Bertz CT molecular complexity index is 621. The Kier molecular flexibility index (Phi) is 6.12.